The Kier molecular flexibility index (Phi) is 2.81. The summed E-state index contributed by atoms with van der Waals surface area (Å²) in [6.07, 6.45) is 3.69. The zero-order valence-electron chi connectivity index (χ0n) is 7.54. The maximum atomic E-state index is 3.97. The predicted octanol–water partition coefficient (Wildman–Crippen LogP) is 2.69. The summed E-state index contributed by atoms with van der Waals surface area (Å²) < 4.78 is 0. The fraction of sp³-hybridized carbons (Fsp3) is 0.182. The van der Waals surface area contributed by atoms with Gasteiger partial charge in [0.05, 0.1) is 0 Å². The van der Waals surface area contributed by atoms with Crippen LogP contribution in [0.3, 0.4) is 0 Å². The molecule has 62 valence electrons. The standard InChI is InChI=1S/C11H13N/c1-4-10-7-9(2)5-6-11(10)8-12-3/h4-8H,1H2,2-3H3/b12-8-. The van der Waals surface area contributed by atoms with E-state index in [1.165, 1.54) is 5.56 Å². The molecule has 1 rings (SSSR count). The molecule has 1 nitrogen and oxygen atoms in total. The van der Waals surface area contributed by atoms with Crippen molar-refractivity contribution >= 4 is 12.3 Å². The van der Waals surface area contributed by atoms with Crippen molar-refractivity contribution in [3.8, 4) is 0 Å². The highest BCUT2D eigenvalue weighted by atomic mass is 14.6. The minimum Gasteiger partial charge on any atom is -0.296 e. The Hall–Kier alpha value is -1.37. The van der Waals surface area contributed by atoms with Gasteiger partial charge in [0.2, 0.25) is 0 Å². The third kappa shape index (κ3) is 1.82. The van der Waals surface area contributed by atoms with Crippen molar-refractivity contribution in [1.82, 2.24) is 0 Å². The molecule has 0 unspecified atom stereocenters. The second-order valence-electron chi connectivity index (χ2n) is 2.72. The zero-order chi connectivity index (χ0) is 8.97. The Morgan fingerprint density at radius 1 is 1.33 bits per heavy atom. The zero-order valence-corrected chi connectivity index (χ0v) is 7.54. The van der Waals surface area contributed by atoms with Gasteiger partial charge < -0.3 is 0 Å². The Morgan fingerprint density at radius 2 is 2.08 bits per heavy atom. The van der Waals surface area contributed by atoms with E-state index in [0.717, 1.165) is 11.1 Å². The lowest BCUT2D eigenvalue weighted by molar-refractivity contribution is 1.42. The van der Waals surface area contributed by atoms with Gasteiger partial charge >= 0.3 is 0 Å². The van der Waals surface area contributed by atoms with Crippen molar-refractivity contribution in [2.45, 2.75) is 6.92 Å². The van der Waals surface area contributed by atoms with E-state index < -0.39 is 0 Å². The van der Waals surface area contributed by atoms with E-state index in [-0.39, 0.29) is 0 Å². The van der Waals surface area contributed by atoms with Gasteiger partial charge in [0, 0.05) is 13.3 Å². The molecule has 1 aromatic carbocycles. The smallest absolute Gasteiger partial charge is 0.0287 e. The average Bonchev–Trinajstić information content (AvgIpc) is 2.08. The van der Waals surface area contributed by atoms with Gasteiger partial charge in [-0.3, -0.25) is 4.99 Å². The molecule has 0 aliphatic rings. The van der Waals surface area contributed by atoms with Crippen LogP contribution >= 0.6 is 0 Å². The van der Waals surface area contributed by atoms with Crippen LogP contribution in [0.25, 0.3) is 6.08 Å². The summed E-state index contributed by atoms with van der Waals surface area (Å²) in [6.45, 7) is 5.82. The number of benzene rings is 1. The van der Waals surface area contributed by atoms with Crippen LogP contribution < -0.4 is 0 Å². The molecule has 0 aliphatic carbocycles. The first-order valence-electron chi connectivity index (χ1n) is 3.93. The first-order valence-corrected chi connectivity index (χ1v) is 3.93. The van der Waals surface area contributed by atoms with Gasteiger partial charge in [0.1, 0.15) is 0 Å². The van der Waals surface area contributed by atoms with Crippen LogP contribution in [0.4, 0.5) is 0 Å². The molecule has 0 atom stereocenters. The van der Waals surface area contributed by atoms with E-state index in [1.807, 2.05) is 12.3 Å². The number of hydrogen-bond acceptors (Lipinski definition) is 1. The summed E-state index contributed by atoms with van der Waals surface area (Å²) in [7, 11) is 1.77. The number of nitrogens with zero attached hydrogens (tertiary/aromatic N) is 1. The van der Waals surface area contributed by atoms with E-state index in [4.69, 9.17) is 0 Å². The van der Waals surface area contributed by atoms with E-state index >= 15 is 0 Å². The Bertz CT molecular complexity index is 311. The minimum atomic E-state index is 1.12. The summed E-state index contributed by atoms with van der Waals surface area (Å²) in [5.74, 6) is 0. The third-order valence-corrected chi connectivity index (χ3v) is 1.73. The van der Waals surface area contributed by atoms with Gasteiger partial charge in [-0.05, 0) is 18.1 Å². The van der Waals surface area contributed by atoms with E-state index in [2.05, 4.69) is 36.7 Å². The Morgan fingerprint density at radius 3 is 2.67 bits per heavy atom. The van der Waals surface area contributed by atoms with Crippen LogP contribution in [0.5, 0.6) is 0 Å². The molecule has 1 heteroatoms. The lowest BCUT2D eigenvalue weighted by Crippen LogP contribution is -1.87. The Balaban J connectivity index is 3.19. The highest BCUT2D eigenvalue weighted by molar-refractivity contribution is 5.85. The van der Waals surface area contributed by atoms with Crippen molar-refractivity contribution in [3.63, 3.8) is 0 Å². The molecular weight excluding hydrogens is 146 g/mol. The maximum Gasteiger partial charge on any atom is 0.0287 e. The lowest BCUT2D eigenvalue weighted by atomic mass is 10.1. The topological polar surface area (TPSA) is 12.4 Å². The monoisotopic (exact) mass is 159 g/mol. The summed E-state index contributed by atoms with van der Waals surface area (Å²) in [5.41, 5.74) is 3.51. The van der Waals surface area contributed by atoms with Gasteiger partial charge in [0.15, 0.2) is 0 Å². The van der Waals surface area contributed by atoms with Crippen molar-refractivity contribution in [2.24, 2.45) is 4.99 Å². The highest BCUT2D eigenvalue weighted by Gasteiger charge is 1.94. The fourth-order valence-corrected chi connectivity index (χ4v) is 1.13. The van der Waals surface area contributed by atoms with Gasteiger partial charge in [-0.1, -0.05) is 36.4 Å². The van der Waals surface area contributed by atoms with Crippen LogP contribution in [0, 0.1) is 6.92 Å². The molecule has 0 bridgehead atoms. The van der Waals surface area contributed by atoms with Gasteiger partial charge in [-0.2, -0.15) is 0 Å². The number of aryl methyl sites for hydroxylation is 1. The van der Waals surface area contributed by atoms with Crippen LogP contribution in [0.2, 0.25) is 0 Å². The van der Waals surface area contributed by atoms with Crippen molar-refractivity contribution in [2.75, 3.05) is 7.05 Å². The van der Waals surface area contributed by atoms with Crippen molar-refractivity contribution in [1.29, 1.82) is 0 Å². The van der Waals surface area contributed by atoms with Crippen molar-refractivity contribution in [3.05, 3.63) is 41.5 Å². The molecular formula is C11H13N. The molecule has 0 aromatic heterocycles. The quantitative estimate of drug-likeness (QED) is 0.588. The molecule has 0 saturated heterocycles. The molecule has 0 heterocycles. The van der Waals surface area contributed by atoms with E-state index in [0.29, 0.717) is 0 Å². The summed E-state index contributed by atoms with van der Waals surface area (Å²) in [6, 6.07) is 6.23. The maximum absolute atomic E-state index is 3.97. The lowest BCUT2D eigenvalue weighted by Gasteiger charge is -2.00. The summed E-state index contributed by atoms with van der Waals surface area (Å²) in [4.78, 5) is 3.97. The normalized spacial score (nSPS) is 10.5. The average molecular weight is 159 g/mol. The van der Waals surface area contributed by atoms with Gasteiger partial charge in [0.25, 0.3) is 0 Å². The summed E-state index contributed by atoms with van der Waals surface area (Å²) in [5, 5.41) is 0. The van der Waals surface area contributed by atoms with E-state index in [9.17, 15) is 0 Å². The van der Waals surface area contributed by atoms with Gasteiger partial charge in [-0.15, -0.1) is 0 Å². The minimum absolute atomic E-state index is 1.12. The van der Waals surface area contributed by atoms with Crippen LogP contribution in [-0.2, 0) is 0 Å². The SMILES string of the molecule is C=Cc1cc(C)ccc1/C=N\C. The molecule has 0 fully saturated rings. The van der Waals surface area contributed by atoms with Gasteiger partial charge in [-0.25, -0.2) is 0 Å². The molecule has 0 aliphatic heterocycles. The molecule has 12 heavy (non-hydrogen) atoms. The molecule has 1 aromatic rings. The fourth-order valence-electron chi connectivity index (χ4n) is 1.13. The van der Waals surface area contributed by atoms with Crippen LogP contribution in [0.1, 0.15) is 16.7 Å². The second kappa shape index (κ2) is 3.86. The van der Waals surface area contributed by atoms with Crippen LogP contribution in [0.15, 0.2) is 29.8 Å². The van der Waals surface area contributed by atoms with Crippen LogP contribution in [-0.4, -0.2) is 13.3 Å². The van der Waals surface area contributed by atoms with E-state index in [1.54, 1.807) is 7.05 Å². The number of hydrogen-bond donors (Lipinski definition) is 0. The largest absolute Gasteiger partial charge is 0.296 e. The second-order valence-corrected chi connectivity index (χ2v) is 2.72. The van der Waals surface area contributed by atoms with Crippen molar-refractivity contribution < 1.29 is 0 Å². The Labute approximate surface area is 73.5 Å². The molecule has 0 amide bonds. The number of aliphatic imine (C=N–C) groups is 1. The molecule has 0 radical (unpaired) electrons. The first-order chi connectivity index (χ1) is 5.77. The molecule has 0 saturated carbocycles. The highest BCUT2D eigenvalue weighted by Crippen LogP contribution is 2.10. The molecule has 0 N–H and O–H groups in total. The summed E-state index contributed by atoms with van der Waals surface area (Å²) >= 11 is 0. The third-order valence-electron chi connectivity index (χ3n) is 1.73. The first kappa shape index (κ1) is 8.72. The predicted molar refractivity (Wildman–Crippen MR) is 54.8 cm³/mol. The number of rotatable bonds is 2. The molecule has 0 spiro atoms.